The molecule has 0 saturated carbocycles. The SMILES string of the molecule is N/C(=N\C(=S)Nc1cccc2ccccc12)c1ccccc1. The summed E-state index contributed by atoms with van der Waals surface area (Å²) >= 11 is 5.30. The standard InChI is InChI=1S/C18H15N3S/c19-17(14-8-2-1-3-9-14)21-18(22)20-16-12-6-10-13-7-4-5-11-15(13)16/h1-12H,(H3,19,20,21,22). The molecular formula is C18H15N3S. The Morgan fingerprint density at radius 1 is 0.864 bits per heavy atom. The Bertz CT molecular complexity index is 836. The molecule has 0 spiro atoms. The van der Waals surface area contributed by atoms with Gasteiger partial charge in [-0.25, -0.2) is 4.99 Å². The lowest BCUT2D eigenvalue weighted by Gasteiger charge is -2.09. The molecular weight excluding hydrogens is 290 g/mol. The molecule has 0 bridgehead atoms. The van der Waals surface area contributed by atoms with E-state index in [0.29, 0.717) is 10.9 Å². The number of fused-ring (bicyclic) bond motifs is 1. The number of amidine groups is 1. The molecule has 0 aliphatic carbocycles. The minimum atomic E-state index is 0.345. The van der Waals surface area contributed by atoms with Crippen molar-refractivity contribution < 1.29 is 0 Å². The molecule has 0 radical (unpaired) electrons. The van der Waals surface area contributed by atoms with Gasteiger partial charge in [0.1, 0.15) is 5.84 Å². The van der Waals surface area contributed by atoms with Crippen LogP contribution in [0.2, 0.25) is 0 Å². The molecule has 0 unspecified atom stereocenters. The highest BCUT2D eigenvalue weighted by Gasteiger charge is 2.03. The first kappa shape index (κ1) is 14.2. The third-order valence-corrected chi connectivity index (χ3v) is 3.52. The zero-order valence-electron chi connectivity index (χ0n) is 11.9. The number of thiocarbonyl (C=S) groups is 1. The molecule has 0 aliphatic heterocycles. The molecule has 4 heteroatoms. The van der Waals surface area contributed by atoms with Crippen LogP contribution in [-0.2, 0) is 0 Å². The molecule has 3 aromatic rings. The molecule has 0 heterocycles. The van der Waals surface area contributed by atoms with E-state index in [9.17, 15) is 0 Å². The number of hydrogen-bond donors (Lipinski definition) is 2. The van der Waals surface area contributed by atoms with Crippen molar-refractivity contribution >= 4 is 39.6 Å². The molecule has 108 valence electrons. The maximum Gasteiger partial charge on any atom is 0.199 e. The molecule has 0 atom stereocenters. The van der Waals surface area contributed by atoms with Crippen molar-refractivity contribution in [3.63, 3.8) is 0 Å². The topological polar surface area (TPSA) is 50.4 Å². The second-order valence-corrected chi connectivity index (χ2v) is 5.21. The van der Waals surface area contributed by atoms with Gasteiger partial charge >= 0.3 is 0 Å². The maximum absolute atomic E-state index is 5.98. The van der Waals surface area contributed by atoms with Gasteiger partial charge in [0.2, 0.25) is 0 Å². The van der Waals surface area contributed by atoms with Crippen LogP contribution in [0.25, 0.3) is 10.8 Å². The average Bonchev–Trinajstić information content (AvgIpc) is 2.56. The first-order chi connectivity index (χ1) is 10.7. The Labute approximate surface area is 134 Å². The van der Waals surface area contributed by atoms with Crippen LogP contribution >= 0.6 is 12.2 Å². The number of nitrogens with one attached hydrogen (secondary N) is 1. The molecule has 0 aromatic heterocycles. The van der Waals surface area contributed by atoms with Crippen LogP contribution < -0.4 is 11.1 Å². The summed E-state index contributed by atoms with van der Waals surface area (Å²) in [5, 5.41) is 5.74. The van der Waals surface area contributed by atoms with Gasteiger partial charge in [-0.05, 0) is 23.7 Å². The lowest BCUT2D eigenvalue weighted by Crippen LogP contribution is -2.18. The van der Waals surface area contributed by atoms with E-state index in [1.54, 1.807) is 0 Å². The maximum atomic E-state index is 5.98. The number of benzene rings is 3. The highest BCUT2D eigenvalue weighted by atomic mass is 32.1. The van der Waals surface area contributed by atoms with Crippen molar-refractivity contribution in [3.05, 3.63) is 78.4 Å². The van der Waals surface area contributed by atoms with Crippen LogP contribution in [0.1, 0.15) is 5.56 Å². The van der Waals surface area contributed by atoms with Gasteiger partial charge in [0.25, 0.3) is 0 Å². The predicted octanol–water partition coefficient (Wildman–Crippen LogP) is 3.94. The zero-order chi connectivity index (χ0) is 15.4. The molecule has 0 amide bonds. The Balaban J connectivity index is 1.85. The van der Waals surface area contributed by atoms with E-state index in [1.165, 1.54) is 0 Å². The minimum Gasteiger partial charge on any atom is -0.383 e. The number of anilines is 1. The van der Waals surface area contributed by atoms with E-state index < -0.39 is 0 Å². The normalized spacial score (nSPS) is 11.4. The smallest absolute Gasteiger partial charge is 0.199 e. The van der Waals surface area contributed by atoms with Gasteiger partial charge in [-0.3, -0.25) is 0 Å². The fraction of sp³-hybridized carbons (Fsp3) is 0. The zero-order valence-corrected chi connectivity index (χ0v) is 12.7. The van der Waals surface area contributed by atoms with Crippen molar-refractivity contribution in [1.29, 1.82) is 0 Å². The van der Waals surface area contributed by atoms with Crippen LogP contribution in [0.5, 0.6) is 0 Å². The van der Waals surface area contributed by atoms with Crippen LogP contribution in [-0.4, -0.2) is 10.9 Å². The fourth-order valence-electron chi connectivity index (χ4n) is 2.26. The lowest BCUT2D eigenvalue weighted by molar-refractivity contribution is 1.52. The molecule has 3 rings (SSSR count). The molecule has 3 nitrogen and oxygen atoms in total. The summed E-state index contributed by atoms with van der Waals surface area (Å²) in [5.74, 6) is 0.401. The van der Waals surface area contributed by atoms with Gasteiger partial charge in [-0.15, -0.1) is 0 Å². The number of aliphatic imine (C=N–C) groups is 1. The summed E-state index contributed by atoms with van der Waals surface area (Å²) < 4.78 is 0. The molecule has 0 fully saturated rings. The molecule has 22 heavy (non-hydrogen) atoms. The van der Waals surface area contributed by atoms with E-state index in [2.05, 4.69) is 22.4 Å². The largest absolute Gasteiger partial charge is 0.383 e. The Morgan fingerprint density at radius 2 is 1.55 bits per heavy atom. The summed E-state index contributed by atoms with van der Waals surface area (Å²) in [6.45, 7) is 0. The van der Waals surface area contributed by atoms with Crippen LogP contribution in [0, 0.1) is 0 Å². The second-order valence-electron chi connectivity index (χ2n) is 4.82. The van der Waals surface area contributed by atoms with Crippen LogP contribution in [0.3, 0.4) is 0 Å². The summed E-state index contributed by atoms with van der Waals surface area (Å²) in [7, 11) is 0. The van der Waals surface area contributed by atoms with Crippen LogP contribution in [0.4, 0.5) is 5.69 Å². The fourth-order valence-corrected chi connectivity index (χ4v) is 2.47. The van der Waals surface area contributed by atoms with Gasteiger partial charge in [0.05, 0.1) is 0 Å². The van der Waals surface area contributed by atoms with Gasteiger partial charge in [0.15, 0.2) is 5.11 Å². The Morgan fingerprint density at radius 3 is 2.36 bits per heavy atom. The van der Waals surface area contributed by atoms with Gasteiger partial charge in [-0.2, -0.15) is 0 Å². The number of hydrogen-bond acceptors (Lipinski definition) is 1. The number of nitrogens with two attached hydrogens (primary N) is 1. The highest BCUT2D eigenvalue weighted by molar-refractivity contribution is 7.80. The minimum absolute atomic E-state index is 0.345. The van der Waals surface area contributed by atoms with Crippen molar-refractivity contribution in [2.75, 3.05) is 5.32 Å². The number of rotatable bonds is 2. The lowest BCUT2D eigenvalue weighted by atomic mass is 10.1. The molecule has 3 N–H and O–H groups in total. The van der Waals surface area contributed by atoms with Gasteiger partial charge < -0.3 is 11.1 Å². The number of nitrogens with zero attached hydrogens (tertiary/aromatic N) is 1. The molecule has 3 aromatic carbocycles. The summed E-state index contributed by atoms with van der Waals surface area (Å²) in [5.41, 5.74) is 7.76. The first-order valence-corrected chi connectivity index (χ1v) is 7.33. The third kappa shape index (κ3) is 3.13. The highest BCUT2D eigenvalue weighted by Crippen LogP contribution is 2.23. The monoisotopic (exact) mass is 305 g/mol. The van der Waals surface area contributed by atoms with Crippen molar-refractivity contribution in [2.24, 2.45) is 10.7 Å². The Kier molecular flexibility index (Phi) is 4.12. The average molecular weight is 305 g/mol. The molecule has 0 aliphatic rings. The van der Waals surface area contributed by atoms with E-state index in [4.69, 9.17) is 18.0 Å². The predicted molar refractivity (Wildman–Crippen MR) is 97.3 cm³/mol. The summed E-state index contributed by atoms with van der Waals surface area (Å²) in [6.07, 6.45) is 0. The van der Waals surface area contributed by atoms with E-state index in [-0.39, 0.29) is 0 Å². The van der Waals surface area contributed by atoms with Crippen molar-refractivity contribution in [2.45, 2.75) is 0 Å². The van der Waals surface area contributed by atoms with Crippen LogP contribution in [0.15, 0.2) is 77.8 Å². The van der Waals surface area contributed by atoms with E-state index in [0.717, 1.165) is 22.0 Å². The van der Waals surface area contributed by atoms with Crippen molar-refractivity contribution in [1.82, 2.24) is 0 Å². The second kappa shape index (κ2) is 6.37. The third-order valence-electron chi connectivity index (χ3n) is 3.32. The van der Waals surface area contributed by atoms with Gasteiger partial charge in [0, 0.05) is 16.6 Å². The van der Waals surface area contributed by atoms with E-state index in [1.807, 2.05) is 60.7 Å². The van der Waals surface area contributed by atoms with Gasteiger partial charge in [-0.1, -0.05) is 66.7 Å². The first-order valence-electron chi connectivity index (χ1n) is 6.92. The molecule has 0 saturated heterocycles. The van der Waals surface area contributed by atoms with Crippen molar-refractivity contribution in [3.8, 4) is 0 Å². The summed E-state index contributed by atoms with van der Waals surface area (Å²) in [4.78, 5) is 4.26. The summed E-state index contributed by atoms with van der Waals surface area (Å²) in [6, 6.07) is 23.7. The Hall–Kier alpha value is -2.72. The van der Waals surface area contributed by atoms with E-state index >= 15 is 0 Å². The quantitative estimate of drug-likeness (QED) is 0.428.